The number of hydrogen-bond donors (Lipinski definition) is 2. The highest BCUT2D eigenvalue weighted by Gasteiger charge is 2.13. The first kappa shape index (κ1) is 20.9. The van der Waals surface area contributed by atoms with E-state index >= 15 is 0 Å². The maximum absolute atomic E-state index is 12.1. The molecule has 1 amide bonds. The summed E-state index contributed by atoms with van der Waals surface area (Å²) in [6.45, 7) is 5.14. The largest absolute Gasteiger partial charge is 0.356 e. The second-order valence-corrected chi connectivity index (χ2v) is 7.58. The first-order chi connectivity index (χ1) is 12.2. The Morgan fingerprint density at radius 2 is 2.15 bits per heavy atom. The Morgan fingerprint density at radius 1 is 1.35 bits per heavy atom. The average molecular weight is 394 g/mol. The van der Waals surface area contributed by atoms with Crippen LogP contribution in [0.5, 0.6) is 0 Å². The summed E-state index contributed by atoms with van der Waals surface area (Å²) in [4.78, 5) is 16.7. The van der Waals surface area contributed by atoms with Crippen molar-refractivity contribution in [1.82, 2.24) is 15.6 Å². The molecule has 0 spiro atoms. The maximum Gasteiger partial charge on any atom is 0.226 e. The van der Waals surface area contributed by atoms with E-state index in [-0.39, 0.29) is 18.3 Å². The predicted molar refractivity (Wildman–Crippen MR) is 111 cm³/mol. The molecule has 1 aromatic carbocycles. The normalized spacial score (nSPS) is 16.7. The fourth-order valence-electron chi connectivity index (χ4n) is 3.22. The van der Waals surface area contributed by atoms with Crippen molar-refractivity contribution in [2.75, 3.05) is 19.6 Å². The Bertz CT molecular complexity index is 681. The smallest absolute Gasteiger partial charge is 0.226 e. The highest BCUT2D eigenvalue weighted by molar-refractivity contribution is 7.13. The highest BCUT2D eigenvalue weighted by Crippen LogP contribution is 2.24. The molecule has 1 aromatic heterocycles. The Morgan fingerprint density at radius 3 is 2.85 bits per heavy atom. The van der Waals surface area contributed by atoms with Crippen LogP contribution in [0.15, 0.2) is 29.6 Å². The van der Waals surface area contributed by atoms with Gasteiger partial charge in [-0.25, -0.2) is 4.98 Å². The van der Waals surface area contributed by atoms with Crippen LogP contribution < -0.4 is 10.6 Å². The van der Waals surface area contributed by atoms with Gasteiger partial charge in [0.25, 0.3) is 0 Å². The molecule has 1 fully saturated rings. The van der Waals surface area contributed by atoms with E-state index in [0.717, 1.165) is 48.7 Å². The van der Waals surface area contributed by atoms with Gasteiger partial charge in [0.2, 0.25) is 5.91 Å². The Balaban J connectivity index is 0.00000243. The van der Waals surface area contributed by atoms with Gasteiger partial charge in [-0.05, 0) is 50.3 Å². The van der Waals surface area contributed by atoms with Gasteiger partial charge in [0.15, 0.2) is 0 Å². The Labute approximate surface area is 166 Å². The maximum atomic E-state index is 12.1. The predicted octanol–water partition coefficient (Wildman–Crippen LogP) is 3.84. The van der Waals surface area contributed by atoms with Crippen LogP contribution in [0.2, 0.25) is 0 Å². The standard InChI is InChI=1S/C20H27N3OS.ClH/c1-2-15-5-7-17(8-6-15)20-23-18(14-25-20)12-19(24)22-11-9-16-4-3-10-21-13-16;/h5-8,14,16,21H,2-4,9-13H2,1H3,(H,22,24);1H. The minimum atomic E-state index is 0. The van der Waals surface area contributed by atoms with Crippen LogP contribution >= 0.6 is 23.7 Å². The molecule has 0 radical (unpaired) electrons. The molecule has 2 heterocycles. The molecule has 4 nitrogen and oxygen atoms in total. The third-order valence-corrected chi connectivity index (χ3v) is 5.72. The third-order valence-electron chi connectivity index (χ3n) is 4.78. The lowest BCUT2D eigenvalue weighted by atomic mass is 9.96. The van der Waals surface area contributed by atoms with E-state index in [4.69, 9.17) is 0 Å². The highest BCUT2D eigenvalue weighted by atomic mass is 35.5. The number of aromatic nitrogens is 1. The van der Waals surface area contributed by atoms with Crippen LogP contribution in [0.1, 0.15) is 37.4 Å². The molecule has 2 N–H and O–H groups in total. The number of piperidine rings is 1. The van der Waals surface area contributed by atoms with Crippen LogP contribution in [0.4, 0.5) is 0 Å². The van der Waals surface area contributed by atoms with Crippen LogP contribution in [-0.4, -0.2) is 30.5 Å². The van der Waals surface area contributed by atoms with Crippen molar-refractivity contribution < 1.29 is 4.79 Å². The fourth-order valence-corrected chi connectivity index (χ4v) is 4.04. The number of nitrogens with one attached hydrogen (secondary N) is 2. The molecular formula is C20H28ClN3OS. The second kappa shape index (κ2) is 10.7. The minimum Gasteiger partial charge on any atom is -0.356 e. The Kier molecular flexibility index (Phi) is 8.55. The Hall–Kier alpha value is -1.43. The molecule has 3 rings (SSSR count). The lowest BCUT2D eigenvalue weighted by Crippen LogP contribution is -2.33. The van der Waals surface area contributed by atoms with Gasteiger partial charge < -0.3 is 10.6 Å². The van der Waals surface area contributed by atoms with E-state index in [1.807, 2.05) is 5.38 Å². The van der Waals surface area contributed by atoms with Gasteiger partial charge in [-0.2, -0.15) is 0 Å². The number of thiazole rings is 1. The first-order valence-electron chi connectivity index (χ1n) is 9.25. The van der Waals surface area contributed by atoms with Crippen LogP contribution in [-0.2, 0) is 17.6 Å². The molecule has 0 saturated carbocycles. The lowest BCUT2D eigenvalue weighted by molar-refractivity contribution is -0.120. The van der Waals surface area contributed by atoms with Crippen molar-refractivity contribution in [2.24, 2.45) is 5.92 Å². The van der Waals surface area contributed by atoms with E-state index in [0.29, 0.717) is 12.3 Å². The molecule has 0 bridgehead atoms. The molecule has 1 unspecified atom stereocenters. The number of aryl methyl sites for hydroxylation is 1. The summed E-state index contributed by atoms with van der Waals surface area (Å²) in [7, 11) is 0. The van der Waals surface area contributed by atoms with Crippen LogP contribution in [0.25, 0.3) is 10.6 Å². The number of hydrogen-bond acceptors (Lipinski definition) is 4. The summed E-state index contributed by atoms with van der Waals surface area (Å²) >= 11 is 1.61. The molecule has 2 aromatic rings. The van der Waals surface area contributed by atoms with Crippen molar-refractivity contribution in [1.29, 1.82) is 0 Å². The molecule has 1 saturated heterocycles. The van der Waals surface area contributed by atoms with E-state index in [2.05, 4.69) is 46.8 Å². The molecule has 26 heavy (non-hydrogen) atoms. The van der Waals surface area contributed by atoms with Gasteiger partial charge in [-0.15, -0.1) is 23.7 Å². The second-order valence-electron chi connectivity index (χ2n) is 6.72. The quantitative estimate of drug-likeness (QED) is 0.751. The number of amides is 1. The number of benzene rings is 1. The molecule has 6 heteroatoms. The zero-order valence-electron chi connectivity index (χ0n) is 15.3. The molecule has 1 aliphatic heterocycles. The van der Waals surface area contributed by atoms with Crippen molar-refractivity contribution in [2.45, 2.75) is 39.0 Å². The summed E-state index contributed by atoms with van der Waals surface area (Å²) in [6, 6.07) is 8.51. The van der Waals surface area contributed by atoms with Crippen molar-refractivity contribution in [3.05, 3.63) is 40.9 Å². The number of rotatable bonds is 7. The molecule has 142 valence electrons. The molecule has 1 atom stereocenters. The zero-order valence-corrected chi connectivity index (χ0v) is 16.9. The van der Waals surface area contributed by atoms with E-state index < -0.39 is 0 Å². The topological polar surface area (TPSA) is 54.0 Å². The van der Waals surface area contributed by atoms with Gasteiger partial charge in [-0.1, -0.05) is 31.2 Å². The summed E-state index contributed by atoms with van der Waals surface area (Å²) in [5.41, 5.74) is 3.31. The zero-order chi connectivity index (χ0) is 17.5. The van der Waals surface area contributed by atoms with Gasteiger partial charge in [0.05, 0.1) is 12.1 Å². The lowest BCUT2D eigenvalue weighted by Gasteiger charge is -2.22. The third kappa shape index (κ3) is 6.08. The molecular weight excluding hydrogens is 366 g/mol. The number of carbonyl (C=O) groups is 1. The van der Waals surface area contributed by atoms with E-state index in [1.54, 1.807) is 11.3 Å². The number of nitrogens with zero attached hydrogens (tertiary/aromatic N) is 1. The van der Waals surface area contributed by atoms with Gasteiger partial charge in [0, 0.05) is 17.5 Å². The number of halogens is 1. The van der Waals surface area contributed by atoms with E-state index in [1.165, 1.54) is 18.4 Å². The summed E-state index contributed by atoms with van der Waals surface area (Å²) in [5, 5.41) is 9.44. The summed E-state index contributed by atoms with van der Waals surface area (Å²) in [5.74, 6) is 0.771. The van der Waals surface area contributed by atoms with Crippen LogP contribution in [0.3, 0.4) is 0 Å². The first-order valence-corrected chi connectivity index (χ1v) is 10.1. The summed E-state index contributed by atoms with van der Waals surface area (Å²) < 4.78 is 0. The van der Waals surface area contributed by atoms with Crippen molar-refractivity contribution in [3.8, 4) is 10.6 Å². The molecule has 0 aliphatic carbocycles. The summed E-state index contributed by atoms with van der Waals surface area (Å²) in [6.07, 6.45) is 4.99. The van der Waals surface area contributed by atoms with Gasteiger partial charge in [-0.3, -0.25) is 4.79 Å². The minimum absolute atomic E-state index is 0. The monoisotopic (exact) mass is 393 g/mol. The van der Waals surface area contributed by atoms with E-state index in [9.17, 15) is 4.79 Å². The average Bonchev–Trinajstić information content (AvgIpc) is 3.11. The van der Waals surface area contributed by atoms with Crippen molar-refractivity contribution >= 4 is 29.7 Å². The van der Waals surface area contributed by atoms with Crippen molar-refractivity contribution in [3.63, 3.8) is 0 Å². The van der Waals surface area contributed by atoms with Gasteiger partial charge >= 0.3 is 0 Å². The molecule has 1 aliphatic rings. The SMILES string of the molecule is CCc1ccc(-c2nc(CC(=O)NCCC3CCCNC3)cs2)cc1.Cl. The van der Waals surface area contributed by atoms with Gasteiger partial charge in [0.1, 0.15) is 5.01 Å². The fraction of sp³-hybridized carbons (Fsp3) is 0.500. The number of carbonyl (C=O) groups excluding carboxylic acids is 1. The van der Waals surface area contributed by atoms with Crippen LogP contribution in [0, 0.1) is 5.92 Å².